The number of benzene rings is 3. The van der Waals surface area contributed by atoms with Crippen LogP contribution in [0.5, 0.6) is 17.2 Å². The van der Waals surface area contributed by atoms with Crippen LogP contribution in [0.15, 0.2) is 66.7 Å². The fraction of sp³-hybridized carbons (Fsp3) is 0.160. The van der Waals surface area contributed by atoms with Crippen molar-refractivity contribution in [3.8, 4) is 17.2 Å². The first-order valence-electron chi connectivity index (χ1n) is 10.3. The molecule has 0 unspecified atom stereocenters. The van der Waals surface area contributed by atoms with Gasteiger partial charge in [0.25, 0.3) is 11.8 Å². The fourth-order valence-electron chi connectivity index (χ4n) is 2.94. The largest absolute Gasteiger partial charge is 0.493 e. The summed E-state index contributed by atoms with van der Waals surface area (Å²) in [7, 11) is 1.47. The molecule has 0 aromatic heterocycles. The highest BCUT2D eigenvalue weighted by atomic mass is 35.5. The van der Waals surface area contributed by atoms with Gasteiger partial charge in [0.15, 0.2) is 23.9 Å². The summed E-state index contributed by atoms with van der Waals surface area (Å²) in [5.41, 5.74) is 5.86. The van der Waals surface area contributed by atoms with Crippen LogP contribution in [-0.4, -0.2) is 37.9 Å². The predicted octanol–water partition coefficient (Wildman–Crippen LogP) is 3.82. The van der Waals surface area contributed by atoms with Crippen LogP contribution >= 0.6 is 11.6 Å². The Kier molecular flexibility index (Phi) is 8.48. The standard InChI is InChI=1S/C25H23ClN2O6/c1-3-33-21-13-8-18(14-22(21)32-2)25(31)28-27-23(29)15-34-20-11-6-17(7-12-20)24(30)16-4-9-19(26)10-5-16/h4-14H,3,15H2,1-2H3,(H,27,29)(H,28,31). The van der Waals surface area contributed by atoms with E-state index in [2.05, 4.69) is 10.9 Å². The van der Waals surface area contributed by atoms with Crippen molar-refractivity contribution in [3.05, 3.63) is 88.4 Å². The molecule has 0 aliphatic rings. The molecule has 0 aliphatic carbocycles. The Morgan fingerprint density at radius 1 is 0.794 bits per heavy atom. The average Bonchev–Trinajstić information content (AvgIpc) is 2.86. The van der Waals surface area contributed by atoms with Crippen molar-refractivity contribution in [2.75, 3.05) is 20.3 Å². The van der Waals surface area contributed by atoms with E-state index in [0.717, 1.165) is 0 Å². The second-order valence-corrected chi connectivity index (χ2v) is 7.39. The lowest BCUT2D eigenvalue weighted by Crippen LogP contribution is -2.43. The zero-order chi connectivity index (χ0) is 24.5. The molecule has 3 aromatic carbocycles. The van der Waals surface area contributed by atoms with E-state index in [-0.39, 0.29) is 18.0 Å². The Bertz CT molecular complexity index is 1160. The van der Waals surface area contributed by atoms with Crippen LogP contribution in [0.4, 0.5) is 0 Å². The first-order valence-corrected chi connectivity index (χ1v) is 10.7. The minimum Gasteiger partial charge on any atom is -0.493 e. The highest BCUT2D eigenvalue weighted by Crippen LogP contribution is 2.28. The van der Waals surface area contributed by atoms with Crippen molar-refractivity contribution >= 4 is 29.2 Å². The zero-order valence-electron chi connectivity index (χ0n) is 18.6. The minimum atomic E-state index is -0.562. The molecule has 0 spiro atoms. The number of rotatable bonds is 9. The second-order valence-electron chi connectivity index (χ2n) is 6.95. The molecule has 0 saturated heterocycles. The van der Waals surface area contributed by atoms with Crippen LogP contribution in [0.2, 0.25) is 5.02 Å². The van der Waals surface area contributed by atoms with Gasteiger partial charge in [0.05, 0.1) is 13.7 Å². The summed E-state index contributed by atoms with van der Waals surface area (Å²) < 4.78 is 16.0. The number of hydrogen-bond donors (Lipinski definition) is 2. The highest BCUT2D eigenvalue weighted by molar-refractivity contribution is 6.30. The van der Waals surface area contributed by atoms with Gasteiger partial charge in [-0.1, -0.05) is 11.6 Å². The molecule has 8 nitrogen and oxygen atoms in total. The van der Waals surface area contributed by atoms with Crippen molar-refractivity contribution in [1.29, 1.82) is 0 Å². The maximum Gasteiger partial charge on any atom is 0.276 e. The minimum absolute atomic E-state index is 0.158. The van der Waals surface area contributed by atoms with Crippen molar-refractivity contribution < 1.29 is 28.6 Å². The molecule has 0 radical (unpaired) electrons. The maximum absolute atomic E-state index is 12.5. The Hall–Kier alpha value is -4.04. The molecule has 0 atom stereocenters. The number of amides is 2. The van der Waals surface area contributed by atoms with Crippen LogP contribution in [-0.2, 0) is 4.79 Å². The molecular formula is C25H23ClN2O6. The van der Waals surface area contributed by atoms with E-state index in [1.807, 2.05) is 6.92 Å². The number of halogens is 1. The number of hydrogen-bond acceptors (Lipinski definition) is 6. The van der Waals surface area contributed by atoms with Crippen LogP contribution < -0.4 is 25.1 Å². The number of hydrazine groups is 1. The number of nitrogens with one attached hydrogen (secondary N) is 2. The number of carbonyl (C=O) groups excluding carboxylic acids is 3. The predicted molar refractivity (Wildman–Crippen MR) is 127 cm³/mol. The summed E-state index contributed by atoms with van der Waals surface area (Å²) in [6.45, 7) is 1.96. The third-order valence-corrected chi connectivity index (χ3v) is 4.89. The average molecular weight is 483 g/mol. The van der Waals surface area contributed by atoms with Gasteiger partial charge in [-0.25, -0.2) is 0 Å². The molecular weight excluding hydrogens is 460 g/mol. The molecule has 34 heavy (non-hydrogen) atoms. The van der Waals surface area contributed by atoms with E-state index >= 15 is 0 Å². The maximum atomic E-state index is 12.5. The van der Waals surface area contributed by atoms with Crippen molar-refractivity contribution in [3.63, 3.8) is 0 Å². The van der Waals surface area contributed by atoms with Gasteiger partial charge >= 0.3 is 0 Å². The Labute approximate surface area is 201 Å². The van der Waals surface area contributed by atoms with Gasteiger partial charge in [-0.05, 0) is 73.7 Å². The molecule has 0 aliphatic heterocycles. The lowest BCUT2D eigenvalue weighted by Gasteiger charge is -2.12. The van der Waals surface area contributed by atoms with Gasteiger partial charge in [-0.2, -0.15) is 0 Å². The topological polar surface area (TPSA) is 103 Å². The van der Waals surface area contributed by atoms with E-state index in [0.29, 0.717) is 40.0 Å². The van der Waals surface area contributed by atoms with E-state index < -0.39 is 11.8 Å². The van der Waals surface area contributed by atoms with Gasteiger partial charge in [-0.15, -0.1) is 0 Å². The number of carbonyl (C=O) groups is 3. The van der Waals surface area contributed by atoms with E-state index in [4.69, 9.17) is 25.8 Å². The monoisotopic (exact) mass is 482 g/mol. The van der Waals surface area contributed by atoms with E-state index in [1.54, 1.807) is 60.7 Å². The molecule has 0 saturated carbocycles. The Balaban J connectivity index is 1.49. The summed E-state index contributed by atoms with van der Waals surface area (Å²) in [4.78, 5) is 36.8. The Morgan fingerprint density at radius 2 is 1.41 bits per heavy atom. The lowest BCUT2D eigenvalue weighted by atomic mass is 10.0. The smallest absolute Gasteiger partial charge is 0.276 e. The van der Waals surface area contributed by atoms with Crippen molar-refractivity contribution in [2.45, 2.75) is 6.92 Å². The van der Waals surface area contributed by atoms with E-state index in [1.165, 1.54) is 13.2 Å². The number of ether oxygens (including phenoxy) is 3. The van der Waals surface area contributed by atoms with Crippen LogP contribution in [0, 0.1) is 0 Å². The molecule has 2 amide bonds. The molecule has 0 fully saturated rings. The number of methoxy groups -OCH3 is 1. The molecule has 9 heteroatoms. The van der Waals surface area contributed by atoms with Crippen LogP contribution in [0.1, 0.15) is 33.2 Å². The normalized spacial score (nSPS) is 10.2. The van der Waals surface area contributed by atoms with Crippen molar-refractivity contribution in [1.82, 2.24) is 10.9 Å². The molecule has 176 valence electrons. The van der Waals surface area contributed by atoms with E-state index in [9.17, 15) is 14.4 Å². The zero-order valence-corrected chi connectivity index (χ0v) is 19.3. The van der Waals surface area contributed by atoms with Gasteiger partial charge in [0.2, 0.25) is 0 Å². The Morgan fingerprint density at radius 3 is 2.03 bits per heavy atom. The third kappa shape index (κ3) is 6.49. The number of ketones is 1. The van der Waals surface area contributed by atoms with Crippen molar-refractivity contribution in [2.24, 2.45) is 0 Å². The van der Waals surface area contributed by atoms with Crippen LogP contribution in [0.25, 0.3) is 0 Å². The fourth-order valence-corrected chi connectivity index (χ4v) is 3.06. The first-order chi connectivity index (χ1) is 16.4. The summed E-state index contributed by atoms with van der Waals surface area (Å²) in [6.07, 6.45) is 0. The third-order valence-electron chi connectivity index (χ3n) is 4.63. The first kappa shape index (κ1) is 24.6. The van der Waals surface area contributed by atoms with Crippen LogP contribution in [0.3, 0.4) is 0 Å². The van der Waals surface area contributed by atoms with Gasteiger partial charge < -0.3 is 14.2 Å². The highest BCUT2D eigenvalue weighted by Gasteiger charge is 2.13. The molecule has 3 rings (SSSR count). The summed E-state index contributed by atoms with van der Waals surface area (Å²) in [6, 6.07) is 17.6. The van der Waals surface area contributed by atoms with Gasteiger partial charge in [-0.3, -0.25) is 25.2 Å². The summed E-state index contributed by atoms with van der Waals surface area (Å²) in [5.74, 6) is 0.0642. The summed E-state index contributed by atoms with van der Waals surface area (Å²) >= 11 is 5.85. The lowest BCUT2D eigenvalue weighted by molar-refractivity contribution is -0.123. The molecule has 0 heterocycles. The molecule has 0 bridgehead atoms. The second kappa shape index (κ2) is 11.7. The summed E-state index contributed by atoms with van der Waals surface area (Å²) in [5, 5.41) is 0.550. The van der Waals surface area contributed by atoms with Gasteiger partial charge in [0.1, 0.15) is 5.75 Å². The van der Waals surface area contributed by atoms with Gasteiger partial charge in [0, 0.05) is 21.7 Å². The SMILES string of the molecule is CCOc1ccc(C(=O)NNC(=O)COc2ccc(C(=O)c3ccc(Cl)cc3)cc2)cc1OC. The molecule has 2 N–H and O–H groups in total. The molecule has 3 aromatic rings. The quantitative estimate of drug-likeness (QED) is 0.355.